The van der Waals surface area contributed by atoms with E-state index in [4.69, 9.17) is 9.47 Å². The lowest BCUT2D eigenvalue weighted by Crippen LogP contribution is -2.70. The summed E-state index contributed by atoms with van der Waals surface area (Å²) in [4.78, 5) is 109. The maximum atomic E-state index is 13.2. The van der Waals surface area contributed by atoms with Crippen molar-refractivity contribution in [2.45, 2.75) is 121 Å². The van der Waals surface area contributed by atoms with E-state index in [1.54, 1.807) is 5.38 Å². The number of fused-ring (bicyclic) bond motifs is 2. The number of carbonyl (C=O) groups is 7. The number of hydrogen-bond donors (Lipinski definition) is 6. The van der Waals surface area contributed by atoms with Crippen molar-refractivity contribution in [3.05, 3.63) is 163 Å². The van der Waals surface area contributed by atoms with Crippen LogP contribution in [0.4, 0.5) is 4.79 Å². The number of carboxylic acids is 2. The fourth-order valence-corrected chi connectivity index (χ4v) is 15.3. The SMILES string of the molecule is CCN(Cc1cc[n+](CC2=C(C(=O)O)N3C(=O)[C@@H](NC(=O)CC4CSC(=O)N4)C3SC2)cc1)Cc1ccccc1OCCCCCCOc1ccccc1CN(CC)Cc1cc[n+](CC2=C(C(=O)O)N3C(=O)[C@H](NC(=O)Cc4csc(=O)[nH]4)C3SC2)cc1. The molecule has 5 aliphatic rings. The van der Waals surface area contributed by atoms with Gasteiger partial charge in [-0.15, -0.1) is 23.5 Å². The molecule has 2 aromatic carbocycles. The van der Waals surface area contributed by atoms with Gasteiger partial charge in [-0.05, 0) is 62.0 Å². The van der Waals surface area contributed by atoms with E-state index in [9.17, 15) is 48.6 Å². The highest BCUT2D eigenvalue weighted by Gasteiger charge is 2.56. The lowest BCUT2D eigenvalue weighted by Gasteiger charge is -2.49. The van der Waals surface area contributed by atoms with Crippen LogP contribution in [0.25, 0.3) is 0 Å². The minimum Gasteiger partial charge on any atom is -0.493 e. The number of thiazole rings is 1. The largest absolute Gasteiger partial charge is 0.493 e. The van der Waals surface area contributed by atoms with Crippen molar-refractivity contribution in [2.24, 2.45) is 0 Å². The Kier molecular flexibility index (Phi) is 21.4. The zero-order valence-corrected chi connectivity index (χ0v) is 52.2. The number of rotatable bonds is 31. The second kappa shape index (κ2) is 29.7. The Bertz CT molecular complexity index is 3520. The predicted molar refractivity (Wildman–Crippen MR) is 333 cm³/mol. The number of aromatic nitrogens is 3. The van der Waals surface area contributed by atoms with Gasteiger partial charge in [-0.3, -0.25) is 48.4 Å². The van der Waals surface area contributed by atoms with Crippen molar-refractivity contribution in [3.63, 3.8) is 0 Å². The number of ether oxygens (including phenoxy) is 2. The molecule has 88 heavy (non-hydrogen) atoms. The number of nitrogens with one attached hydrogen (secondary N) is 4. The number of amides is 5. The summed E-state index contributed by atoms with van der Waals surface area (Å²) in [6.45, 7) is 10.4. The molecule has 3 unspecified atom stereocenters. The number of para-hydroxylation sites is 2. The first-order valence-corrected chi connectivity index (χ1v) is 33.4. The predicted octanol–water partition coefficient (Wildman–Crippen LogP) is 5.01. The van der Waals surface area contributed by atoms with Gasteiger partial charge in [-0.25, -0.2) is 18.7 Å². The molecule has 0 bridgehead atoms. The summed E-state index contributed by atoms with van der Waals surface area (Å²) in [5, 5.41) is 29.0. The van der Waals surface area contributed by atoms with E-state index >= 15 is 0 Å². The van der Waals surface area contributed by atoms with E-state index in [-0.39, 0.29) is 52.8 Å². The molecule has 5 amide bonds. The maximum Gasteiger partial charge on any atom is 0.352 e. The van der Waals surface area contributed by atoms with Gasteiger partial charge in [0, 0.05) is 114 Å². The number of pyridine rings is 2. The second-order valence-electron chi connectivity index (χ2n) is 22.1. The number of thioether (sulfide) groups is 3. The fraction of sp³-hybridized carbons (Fsp3) is 0.419. The smallest absolute Gasteiger partial charge is 0.352 e. The van der Waals surface area contributed by atoms with Crippen molar-refractivity contribution in [2.75, 3.05) is 43.6 Å². The van der Waals surface area contributed by atoms with Gasteiger partial charge in [-0.2, -0.15) is 0 Å². The van der Waals surface area contributed by atoms with Crippen molar-refractivity contribution in [3.8, 4) is 11.5 Å². The summed E-state index contributed by atoms with van der Waals surface area (Å²) in [5.41, 5.74) is 5.96. The molecule has 0 radical (unpaired) electrons. The quantitative estimate of drug-likeness (QED) is 0.0193. The summed E-state index contributed by atoms with van der Waals surface area (Å²) in [7, 11) is 0. The molecule has 3 fully saturated rings. The average Bonchev–Trinajstić information content (AvgIpc) is 0.871. The van der Waals surface area contributed by atoms with E-state index in [0.717, 1.165) is 95.6 Å². The molecule has 0 aliphatic carbocycles. The monoisotopic (exact) mass is 1280 g/mol. The molecule has 0 spiro atoms. The Morgan fingerprint density at radius 1 is 0.648 bits per heavy atom. The molecular weight excluding hydrogens is 1210 g/mol. The molecule has 22 nitrogen and oxygen atoms in total. The summed E-state index contributed by atoms with van der Waals surface area (Å²) in [5.74, 6) is -1.11. The van der Waals surface area contributed by atoms with Crippen LogP contribution in [0.2, 0.25) is 0 Å². The molecule has 10 rings (SSSR count). The molecule has 464 valence electrons. The van der Waals surface area contributed by atoms with Crippen LogP contribution in [0.3, 0.4) is 0 Å². The highest BCUT2D eigenvalue weighted by molar-refractivity contribution is 8.14. The zero-order valence-electron chi connectivity index (χ0n) is 48.9. The molecule has 6 N–H and O–H groups in total. The number of aliphatic carboxylic acids is 2. The molecule has 5 aromatic rings. The third kappa shape index (κ3) is 15.7. The number of carbonyl (C=O) groups excluding carboxylic acids is 5. The maximum absolute atomic E-state index is 13.2. The Hall–Kier alpha value is -7.49. The Labute approximate surface area is 526 Å². The van der Waals surface area contributed by atoms with Gasteiger partial charge in [-0.1, -0.05) is 73.3 Å². The Morgan fingerprint density at radius 2 is 1.12 bits per heavy atom. The van der Waals surface area contributed by atoms with Gasteiger partial charge >= 0.3 is 16.8 Å². The van der Waals surface area contributed by atoms with Crippen molar-refractivity contribution in [1.29, 1.82) is 0 Å². The van der Waals surface area contributed by atoms with E-state index in [2.05, 4.69) is 56.7 Å². The van der Waals surface area contributed by atoms with E-state index in [1.165, 1.54) is 33.3 Å². The van der Waals surface area contributed by atoms with Crippen LogP contribution in [0.5, 0.6) is 11.5 Å². The summed E-state index contributed by atoms with van der Waals surface area (Å²) >= 11 is 4.91. The van der Waals surface area contributed by atoms with Crippen molar-refractivity contribution in [1.82, 2.24) is 40.5 Å². The number of unbranched alkanes of at least 4 members (excludes halogenated alkanes) is 3. The van der Waals surface area contributed by atoms with Gasteiger partial charge in [0.05, 0.1) is 19.6 Å². The first-order chi connectivity index (χ1) is 42.6. The van der Waals surface area contributed by atoms with Crippen LogP contribution in [0, 0.1) is 0 Å². The molecule has 3 saturated heterocycles. The molecule has 0 saturated carbocycles. The normalized spacial score (nSPS) is 19.7. The minimum atomic E-state index is -1.19. The van der Waals surface area contributed by atoms with E-state index in [1.807, 2.05) is 94.6 Å². The number of hydrogen-bond acceptors (Lipinski definition) is 16. The minimum absolute atomic E-state index is 0.0389. The number of aromatic amines is 1. The highest BCUT2D eigenvalue weighted by Crippen LogP contribution is 2.42. The number of H-pyrrole nitrogens is 1. The molecule has 5 atom stereocenters. The van der Waals surface area contributed by atoms with Crippen LogP contribution >= 0.6 is 46.6 Å². The first-order valence-electron chi connectivity index (χ1n) is 29.4. The molecule has 5 aliphatic heterocycles. The number of β-lactam (4-membered cyclic amide) rings is 2. The van der Waals surface area contributed by atoms with Gasteiger partial charge in [0.1, 0.15) is 45.7 Å². The lowest BCUT2D eigenvalue weighted by molar-refractivity contribution is -0.689. The zero-order chi connectivity index (χ0) is 61.8. The van der Waals surface area contributed by atoms with Crippen molar-refractivity contribution < 1.29 is 62.4 Å². The number of nitrogens with zero attached hydrogens (tertiary/aromatic N) is 6. The summed E-state index contributed by atoms with van der Waals surface area (Å²) < 4.78 is 16.6. The third-order valence-corrected chi connectivity index (χ3v) is 20.2. The number of carboxylic acid groups (broad SMARTS) is 2. The summed E-state index contributed by atoms with van der Waals surface area (Å²) in [6, 6.07) is 22.4. The molecule has 3 aromatic heterocycles. The number of benzene rings is 2. The van der Waals surface area contributed by atoms with Crippen molar-refractivity contribution >= 4 is 87.4 Å². The standard InChI is InChI=1S/C62H70N10O12S4/c1-3-67(29-39-17-21-69(22-18-39)33-43-35-85-57-51(55(75)71(57)53(43)59(77)78)65-49(73)27-45-37-87-61(81)63-45)31-41-13-7-9-15-47(41)83-25-11-5-6-12-26-84-48-16-10-8-14-42(48)32-68(4-2)30-40-19-23-70(24-20-40)34-44-36-86-58-52(56(76)72(58)54(44)60(79)80)66-50(74)28-46-38-88-62(82)64-46/h7-10,13-24,37,46,51-52,57-58H,3-6,11-12,25-36,38H2,1-2H3,(H4-2,63,64,65,66,73,74,77,78,79,80,81,82)/p+2/t46?,51-,52+,57?,58?/m0/s1. The van der Waals surface area contributed by atoms with E-state index in [0.29, 0.717) is 80.0 Å². The average molecular weight is 1280 g/mol. The Balaban J connectivity index is 0.627. The topological polar surface area (TPSA) is 268 Å². The fourth-order valence-electron chi connectivity index (χ4n) is 11.3. The third-order valence-electron chi connectivity index (χ3n) is 15.9. The summed E-state index contributed by atoms with van der Waals surface area (Å²) in [6.07, 6.45) is 11.5. The highest BCUT2D eigenvalue weighted by atomic mass is 32.2. The van der Waals surface area contributed by atoms with Gasteiger partial charge in [0.15, 0.2) is 37.9 Å². The Morgan fingerprint density at radius 3 is 1.56 bits per heavy atom. The van der Waals surface area contributed by atoms with Gasteiger partial charge < -0.3 is 40.6 Å². The molecule has 26 heteroatoms. The molecule has 8 heterocycles. The lowest BCUT2D eigenvalue weighted by atomic mass is 10.0. The van der Waals surface area contributed by atoms with Crippen LogP contribution < -0.4 is 39.4 Å². The molecular formula is C62H72N10O12S4+2. The van der Waals surface area contributed by atoms with Crippen LogP contribution in [-0.4, -0.2) is 148 Å². The van der Waals surface area contributed by atoms with Gasteiger partial charge in [0.2, 0.25) is 11.8 Å². The van der Waals surface area contributed by atoms with Crippen LogP contribution in [0.15, 0.2) is 130 Å². The van der Waals surface area contributed by atoms with E-state index < -0.39 is 52.5 Å². The van der Waals surface area contributed by atoms with Crippen LogP contribution in [0.1, 0.15) is 73.9 Å². The van der Waals surface area contributed by atoms with Gasteiger partial charge in [0.25, 0.3) is 17.1 Å². The first kappa shape index (κ1) is 63.5. The van der Waals surface area contributed by atoms with Crippen LogP contribution in [-0.2, 0) is 74.5 Å². The second-order valence-corrected chi connectivity index (χ2v) is 26.2.